The number of para-hydroxylation sites is 1. The molecule has 1 unspecified atom stereocenters. The smallest absolute Gasteiger partial charge is 0.293 e. The van der Waals surface area contributed by atoms with Gasteiger partial charge in [-0.1, -0.05) is 71.9 Å². The molecule has 2 heterocycles. The maximum atomic E-state index is 12.7. The first-order chi connectivity index (χ1) is 20.6. The van der Waals surface area contributed by atoms with Gasteiger partial charge in [0.15, 0.2) is 0 Å². The summed E-state index contributed by atoms with van der Waals surface area (Å²) < 4.78 is 11.1. The van der Waals surface area contributed by atoms with Crippen molar-refractivity contribution in [2.24, 2.45) is 5.41 Å². The van der Waals surface area contributed by atoms with Crippen molar-refractivity contribution in [2.75, 3.05) is 33.2 Å². The Labute approximate surface area is 268 Å². The van der Waals surface area contributed by atoms with Crippen molar-refractivity contribution < 1.29 is 19.1 Å². The monoisotopic (exact) mass is 608 g/mol. The maximum absolute atomic E-state index is 12.7. The highest BCUT2D eigenvalue weighted by atomic mass is 16.5. The molecule has 246 valence electrons. The van der Waals surface area contributed by atoms with Crippen LogP contribution in [0.15, 0.2) is 54.6 Å². The van der Waals surface area contributed by atoms with Crippen molar-refractivity contribution in [1.29, 1.82) is 0 Å². The zero-order chi connectivity index (χ0) is 33.6. The van der Waals surface area contributed by atoms with Crippen molar-refractivity contribution in [3.8, 4) is 5.75 Å². The van der Waals surface area contributed by atoms with Gasteiger partial charge in [0.1, 0.15) is 17.0 Å². The third-order valence-electron chi connectivity index (χ3n) is 6.85. The fraction of sp³-hybridized carbons (Fsp3) is 0.579. The Morgan fingerprint density at radius 3 is 2.00 bits per heavy atom. The van der Waals surface area contributed by atoms with E-state index in [9.17, 15) is 9.59 Å². The molecule has 1 saturated heterocycles. The standard InChI is InChI=1S/C26H32N2O2.C5H10O2.C5H12.C2H6/c1-4-28(5-2)25(29)21-13-11-20(12-14-21)23-19-26(15-8-17-27(3)18-16-26)30-24-10-7-6-9-22(23)24;1-5(2,3)7-4-6;1-5(2,3)4;1-2/h6-7,9-14,19H,4-5,8,15-18H2,1-3H3;4H,1-3H3;1-4H3;1-2H3. The summed E-state index contributed by atoms with van der Waals surface area (Å²) in [6, 6.07) is 16.4. The van der Waals surface area contributed by atoms with Gasteiger partial charge in [-0.3, -0.25) is 9.59 Å². The van der Waals surface area contributed by atoms with Crippen LogP contribution in [-0.4, -0.2) is 66.6 Å². The zero-order valence-electron chi connectivity index (χ0n) is 29.8. The molecule has 0 radical (unpaired) electrons. The zero-order valence-corrected chi connectivity index (χ0v) is 29.8. The highest BCUT2D eigenvalue weighted by molar-refractivity contribution is 5.95. The number of fused-ring (bicyclic) bond motifs is 1. The molecule has 0 aromatic heterocycles. The molecule has 44 heavy (non-hydrogen) atoms. The lowest BCUT2D eigenvalue weighted by atomic mass is 9.84. The Morgan fingerprint density at radius 1 is 0.932 bits per heavy atom. The van der Waals surface area contributed by atoms with Crippen LogP contribution in [0.5, 0.6) is 5.75 Å². The van der Waals surface area contributed by atoms with Crippen LogP contribution in [0.4, 0.5) is 0 Å². The molecule has 1 atom stereocenters. The van der Waals surface area contributed by atoms with Crippen molar-refractivity contribution in [2.45, 2.75) is 107 Å². The number of hydrogen-bond donors (Lipinski definition) is 0. The molecule has 0 N–H and O–H groups in total. The Morgan fingerprint density at radius 2 is 1.50 bits per heavy atom. The SMILES string of the molecule is CC.CC(C)(C)C.CC(C)(C)OC=O.CCN(CC)C(=O)c1ccc(C2=CC3(CCCN(C)CC3)Oc3ccccc32)cc1. The molecule has 1 fully saturated rings. The van der Waals surface area contributed by atoms with E-state index in [2.05, 4.69) is 80.8 Å². The van der Waals surface area contributed by atoms with Gasteiger partial charge >= 0.3 is 0 Å². The van der Waals surface area contributed by atoms with Crippen LogP contribution < -0.4 is 4.74 Å². The number of nitrogens with zero attached hydrogens (tertiary/aromatic N) is 2. The minimum atomic E-state index is -0.318. The Bertz CT molecular complexity index is 1160. The van der Waals surface area contributed by atoms with E-state index in [4.69, 9.17) is 4.74 Å². The second-order valence-electron chi connectivity index (χ2n) is 13.8. The number of amides is 1. The highest BCUT2D eigenvalue weighted by Crippen LogP contribution is 2.43. The summed E-state index contributed by atoms with van der Waals surface area (Å²) in [5.74, 6) is 1.05. The fourth-order valence-electron chi connectivity index (χ4n) is 4.75. The van der Waals surface area contributed by atoms with Gasteiger partial charge in [0.25, 0.3) is 12.4 Å². The van der Waals surface area contributed by atoms with Crippen LogP contribution in [0.25, 0.3) is 5.57 Å². The van der Waals surface area contributed by atoms with E-state index in [1.165, 1.54) is 5.57 Å². The molecule has 1 amide bonds. The summed E-state index contributed by atoms with van der Waals surface area (Å²) in [6.07, 6.45) is 5.48. The quantitative estimate of drug-likeness (QED) is 0.317. The Hall–Kier alpha value is -3.12. The predicted molar refractivity (Wildman–Crippen MR) is 185 cm³/mol. The van der Waals surface area contributed by atoms with E-state index in [-0.39, 0.29) is 17.1 Å². The third-order valence-corrected chi connectivity index (χ3v) is 6.85. The van der Waals surface area contributed by atoms with Crippen LogP contribution >= 0.6 is 0 Å². The molecule has 6 heteroatoms. The number of ether oxygens (including phenoxy) is 2. The molecule has 2 aromatic rings. The molecule has 0 aliphatic carbocycles. The normalized spacial score (nSPS) is 17.8. The van der Waals surface area contributed by atoms with Crippen molar-refractivity contribution in [1.82, 2.24) is 9.80 Å². The van der Waals surface area contributed by atoms with Gasteiger partial charge in [0.2, 0.25) is 0 Å². The van der Waals surface area contributed by atoms with E-state index in [1.54, 1.807) is 0 Å². The summed E-state index contributed by atoms with van der Waals surface area (Å²) in [4.78, 5) is 26.5. The molecular formula is C38H60N2O4. The Balaban J connectivity index is 0.000000582. The lowest BCUT2D eigenvalue weighted by molar-refractivity contribution is -0.138. The summed E-state index contributed by atoms with van der Waals surface area (Å²) in [5, 5.41) is 0. The average Bonchev–Trinajstić information content (AvgIpc) is 3.14. The maximum Gasteiger partial charge on any atom is 0.293 e. The van der Waals surface area contributed by atoms with Gasteiger partial charge in [-0.05, 0) is 102 Å². The highest BCUT2D eigenvalue weighted by Gasteiger charge is 2.37. The molecule has 6 nitrogen and oxygen atoms in total. The second-order valence-corrected chi connectivity index (χ2v) is 13.8. The van der Waals surface area contributed by atoms with Crippen LogP contribution in [-0.2, 0) is 9.53 Å². The number of likely N-dealkylation sites (tertiary alicyclic amines) is 1. The van der Waals surface area contributed by atoms with Crippen LogP contribution in [0.3, 0.4) is 0 Å². The largest absolute Gasteiger partial charge is 0.482 e. The van der Waals surface area contributed by atoms with Crippen LogP contribution in [0, 0.1) is 5.41 Å². The number of hydrogen-bond acceptors (Lipinski definition) is 5. The average molecular weight is 609 g/mol. The van der Waals surface area contributed by atoms with Gasteiger partial charge < -0.3 is 19.3 Å². The van der Waals surface area contributed by atoms with Crippen molar-refractivity contribution in [3.63, 3.8) is 0 Å². The first-order valence-corrected chi connectivity index (χ1v) is 16.3. The molecule has 2 aliphatic heterocycles. The molecular weight excluding hydrogens is 548 g/mol. The number of benzene rings is 2. The summed E-state index contributed by atoms with van der Waals surface area (Å²) in [5.41, 5.74) is 4.14. The fourth-order valence-corrected chi connectivity index (χ4v) is 4.75. The number of carbonyl (C=O) groups excluding carboxylic acids is 2. The van der Waals surface area contributed by atoms with Gasteiger partial charge in [0.05, 0.1) is 0 Å². The first kappa shape index (κ1) is 38.9. The van der Waals surface area contributed by atoms with Gasteiger partial charge in [-0.2, -0.15) is 0 Å². The lowest BCUT2D eigenvalue weighted by Gasteiger charge is -2.36. The van der Waals surface area contributed by atoms with E-state index in [0.717, 1.165) is 67.9 Å². The van der Waals surface area contributed by atoms with E-state index >= 15 is 0 Å². The molecule has 2 aromatic carbocycles. The van der Waals surface area contributed by atoms with Crippen molar-refractivity contribution >= 4 is 18.0 Å². The summed E-state index contributed by atoms with van der Waals surface area (Å²) >= 11 is 0. The van der Waals surface area contributed by atoms with Gasteiger partial charge in [-0.25, -0.2) is 0 Å². The van der Waals surface area contributed by atoms with Crippen LogP contribution in [0.2, 0.25) is 0 Å². The van der Waals surface area contributed by atoms with Gasteiger partial charge in [0, 0.05) is 37.2 Å². The van der Waals surface area contributed by atoms with Gasteiger partial charge in [-0.15, -0.1) is 0 Å². The summed E-state index contributed by atoms with van der Waals surface area (Å²) in [6.45, 7) is 26.3. The topological polar surface area (TPSA) is 59.1 Å². The minimum absolute atomic E-state index is 0.0937. The molecule has 0 bridgehead atoms. The summed E-state index contributed by atoms with van der Waals surface area (Å²) in [7, 11) is 2.19. The van der Waals surface area contributed by atoms with E-state index in [1.807, 2.05) is 71.6 Å². The molecule has 2 aliphatic rings. The predicted octanol–water partition coefficient (Wildman–Crippen LogP) is 8.88. The van der Waals surface area contributed by atoms with Crippen LogP contribution in [0.1, 0.15) is 117 Å². The molecule has 0 saturated carbocycles. The number of rotatable bonds is 5. The van der Waals surface area contributed by atoms with Crippen molar-refractivity contribution in [3.05, 3.63) is 71.3 Å². The minimum Gasteiger partial charge on any atom is -0.482 e. The number of carbonyl (C=O) groups is 2. The van der Waals surface area contributed by atoms with E-state index in [0.29, 0.717) is 11.9 Å². The van der Waals surface area contributed by atoms with E-state index < -0.39 is 0 Å². The second kappa shape index (κ2) is 18.0. The lowest BCUT2D eigenvalue weighted by Crippen LogP contribution is -2.37. The Kier molecular flexibility index (Phi) is 15.9. The molecule has 4 rings (SSSR count). The third kappa shape index (κ3) is 13.3. The first-order valence-electron chi connectivity index (χ1n) is 16.3. The molecule has 1 spiro atoms.